The lowest BCUT2D eigenvalue weighted by molar-refractivity contribution is -0.151. The van der Waals surface area contributed by atoms with Gasteiger partial charge in [0.15, 0.2) is 0 Å². The van der Waals surface area contributed by atoms with Crippen LogP contribution in [0.2, 0.25) is 0 Å². The Balaban J connectivity index is 1.68. The number of likely N-dealkylation sites (tertiary alicyclic amines) is 1. The van der Waals surface area contributed by atoms with E-state index in [0.717, 1.165) is 12.8 Å². The minimum atomic E-state index is -0.464. The van der Waals surface area contributed by atoms with E-state index in [1.807, 2.05) is 18.2 Å². The van der Waals surface area contributed by atoms with Crippen molar-refractivity contribution in [3.8, 4) is 0 Å². The van der Waals surface area contributed by atoms with Crippen LogP contribution in [0, 0.1) is 5.92 Å². The Morgan fingerprint density at radius 1 is 1.23 bits per heavy atom. The van der Waals surface area contributed by atoms with Crippen molar-refractivity contribution in [2.24, 2.45) is 5.92 Å². The average Bonchev–Trinajstić information content (AvgIpc) is 3.17. The molecule has 2 aliphatic rings. The lowest BCUT2D eigenvalue weighted by Gasteiger charge is -2.35. The second kappa shape index (κ2) is 8.58. The standard InChI is InChI=1S/C19H24N2O4S/c1-2-25-19(24)15-9-6-10-20(11-15)18(23)16-12-26-13-21(16)17(22)14-7-4-3-5-8-14/h3-5,7-8,15-16H,2,6,9-13H2,1H3. The number of ether oxygens (including phenoxy) is 1. The molecule has 1 aromatic carbocycles. The van der Waals surface area contributed by atoms with E-state index >= 15 is 0 Å². The minimum Gasteiger partial charge on any atom is -0.466 e. The van der Waals surface area contributed by atoms with Crippen molar-refractivity contribution in [3.63, 3.8) is 0 Å². The highest BCUT2D eigenvalue weighted by Crippen LogP contribution is 2.27. The van der Waals surface area contributed by atoms with Crippen molar-refractivity contribution in [1.82, 2.24) is 9.80 Å². The van der Waals surface area contributed by atoms with Gasteiger partial charge in [-0.25, -0.2) is 0 Å². The first-order valence-electron chi connectivity index (χ1n) is 9.01. The number of rotatable bonds is 4. The third-order valence-electron chi connectivity index (χ3n) is 4.80. The number of amides is 2. The van der Waals surface area contributed by atoms with E-state index < -0.39 is 6.04 Å². The molecule has 6 nitrogen and oxygen atoms in total. The van der Waals surface area contributed by atoms with E-state index in [1.165, 1.54) is 0 Å². The minimum absolute atomic E-state index is 0.0618. The topological polar surface area (TPSA) is 66.9 Å². The van der Waals surface area contributed by atoms with E-state index in [-0.39, 0.29) is 23.7 Å². The third kappa shape index (κ3) is 4.03. The summed E-state index contributed by atoms with van der Waals surface area (Å²) in [4.78, 5) is 41.2. The molecule has 2 unspecified atom stereocenters. The molecule has 2 atom stereocenters. The highest BCUT2D eigenvalue weighted by molar-refractivity contribution is 7.99. The molecular weight excluding hydrogens is 352 g/mol. The Morgan fingerprint density at radius 2 is 2.00 bits per heavy atom. The molecule has 2 saturated heterocycles. The van der Waals surface area contributed by atoms with Crippen LogP contribution in [0.15, 0.2) is 30.3 Å². The number of hydrogen-bond donors (Lipinski definition) is 0. The normalized spacial score (nSPS) is 23.0. The molecule has 3 rings (SSSR count). The summed E-state index contributed by atoms with van der Waals surface area (Å²) in [6.45, 7) is 3.14. The van der Waals surface area contributed by atoms with Gasteiger partial charge < -0.3 is 14.5 Å². The van der Waals surface area contributed by atoms with Crippen LogP contribution >= 0.6 is 11.8 Å². The summed E-state index contributed by atoms with van der Waals surface area (Å²) < 4.78 is 5.11. The maximum Gasteiger partial charge on any atom is 0.310 e. The largest absolute Gasteiger partial charge is 0.466 e. The molecule has 2 amide bonds. The summed E-state index contributed by atoms with van der Waals surface area (Å²) in [7, 11) is 0. The maximum absolute atomic E-state index is 13.0. The van der Waals surface area contributed by atoms with Gasteiger partial charge in [-0.05, 0) is 31.9 Å². The number of carbonyl (C=O) groups is 3. The van der Waals surface area contributed by atoms with Gasteiger partial charge in [-0.3, -0.25) is 14.4 Å². The van der Waals surface area contributed by atoms with E-state index in [0.29, 0.717) is 36.9 Å². The van der Waals surface area contributed by atoms with Crippen LogP contribution in [-0.2, 0) is 14.3 Å². The lowest BCUT2D eigenvalue weighted by Crippen LogP contribution is -2.52. The number of benzene rings is 1. The molecule has 2 heterocycles. The quantitative estimate of drug-likeness (QED) is 0.752. The van der Waals surface area contributed by atoms with E-state index in [9.17, 15) is 14.4 Å². The van der Waals surface area contributed by atoms with Crippen molar-refractivity contribution in [1.29, 1.82) is 0 Å². The molecule has 0 spiro atoms. The predicted molar refractivity (Wildman–Crippen MR) is 99.7 cm³/mol. The van der Waals surface area contributed by atoms with Gasteiger partial charge >= 0.3 is 5.97 Å². The van der Waals surface area contributed by atoms with Gasteiger partial charge in [-0.2, -0.15) is 0 Å². The van der Waals surface area contributed by atoms with Crippen molar-refractivity contribution in [3.05, 3.63) is 35.9 Å². The molecule has 7 heteroatoms. The fourth-order valence-corrected chi connectivity index (χ4v) is 4.58. The van der Waals surface area contributed by atoms with Crippen LogP contribution < -0.4 is 0 Å². The molecule has 0 aliphatic carbocycles. The molecular formula is C19H24N2O4S. The molecule has 0 N–H and O–H groups in total. The van der Waals surface area contributed by atoms with E-state index in [1.54, 1.807) is 40.6 Å². The highest BCUT2D eigenvalue weighted by Gasteiger charge is 2.39. The number of hydrogen-bond acceptors (Lipinski definition) is 5. The number of piperidine rings is 1. The number of carbonyl (C=O) groups excluding carboxylic acids is 3. The SMILES string of the molecule is CCOC(=O)C1CCCN(C(=O)C2CSCN2C(=O)c2ccccc2)C1. The Hall–Kier alpha value is -2.02. The van der Waals surface area contributed by atoms with Crippen LogP contribution in [0.4, 0.5) is 0 Å². The van der Waals surface area contributed by atoms with Crippen molar-refractivity contribution >= 4 is 29.5 Å². The van der Waals surface area contributed by atoms with Gasteiger partial charge in [0.1, 0.15) is 6.04 Å². The Morgan fingerprint density at radius 3 is 2.73 bits per heavy atom. The summed E-state index contributed by atoms with van der Waals surface area (Å²) >= 11 is 1.59. The van der Waals surface area contributed by atoms with Crippen LogP contribution in [0.1, 0.15) is 30.1 Å². The number of thioether (sulfide) groups is 1. The first-order chi connectivity index (χ1) is 12.6. The van der Waals surface area contributed by atoms with Crippen molar-refractivity contribution < 1.29 is 19.1 Å². The summed E-state index contributed by atoms with van der Waals surface area (Å²) in [5, 5.41) is 0. The highest BCUT2D eigenvalue weighted by atomic mass is 32.2. The van der Waals surface area contributed by atoms with Crippen LogP contribution in [0.25, 0.3) is 0 Å². The van der Waals surface area contributed by atoms with Crippen LogP contribution in [0.5, 0.6) is 0 Å². The van der Waals surface area contributed by atoms with Crippen molar-refractivity contribution in [2.45, 2.75) is 25.8 Å². The van der Waals surface area contributed by atoms with Gasteiger partial charge in [0.2, 0.25) is 5.91 Å². The van der Waals surface area contributed by atoms with Gasteiger partial charge in [0.25, 0.3) is 5.91 Å². The maximum atomic E-state index is 13.0. The van der Waals surface area contributed by atoms with Gasteiger partial charge in [0.05, 0.1) is 18.4 Å². The summed E-state index contributed by atoms with van der Waals surface area (Å²) in [6, 6.07) is 8.58. The Kier molecular flexibility index (Phi) is 6.19. The average molecular weight is 376 g/mol. The van der Waals surface area contributed by atoms with Crippen LogP contribution in [-0.4, -0.2) is 65.0 Å². The Bertz CT molecular complexity index is 667. The molecule has 0 aromatic heterocycles. The zero-order valence-electron chi connectivity index (χ0n) is 14.9. The fraction of sp³-hybridized carbons (Fsp3) is 0.526. The van der Waals surface area contributed by atoms with Gasteiger partial charge in [0, 0.05) is 24.4 Å². The monoisotopic (exact) mass is 376 g/mol. The molecule has 0 saturated carbocycles. The summed E-state index contributed by atoms with van der Waals surface area (Å²) in [6.07, 6.45) is 1.52. The molecule has 1 aromatic rings. The number of esters is 1. The second-order valence-corrected chi connectivity index (χ2v) is 7.53. The van der Waals surface area contributed by atoms with Crippen molar-refractivity contribution in [2.75, 3.05) is 31.3 Å². The molecule has 2 fully saturated rings. The zero-order chi connectivity index (χ0) is 18.5. The molecule has 0 bridgehead atoms. The lowest BCUT2D eigenvalue weighted by atomic mass is 9.97. The first kappa shape index (κ1) is 18.8. The molecule has 26 heavy (non-hydrogen) atoms. The van der Waals surface area contributed by atoms with Gasteiger partial charge in [-0.15, -0.1) is 11.8 Å². The smallest absolute Gasteiger partial charge is 0.310 e. The molecule has 0 radical (unpaired) electrons. The predicted octanol–water partition coefficient (Wildman–Crippen LogP) is 2.00. The van der Waals surface area contributed by atoms with Crippen LogP contribution in [0.3, 0.4) is 0 Å². The Labute approximate surface area is 157 Å². The summed E-state index contributed by atoms with van der Waals surface area (Å²) in [5.41, 5.74) is 0.593. The van der Waals surface area contributed by atoms with Gasteiger partial charge in [-0.1, -0.05) is 18.2 Å². The molecule has 2 aliphatic heterocycles. The third-order valence-corrected chi connectivity index (χ3v) is 5.81. The van der Waals surface area contributed by atoms with E-state index in [4.69, 9.17) is 4.74 Å². The fourth-order valence-electron chi connectivity index (χ4n) is 3.43. The molecule has 140 valence electrons. The zero-order valence-corrected chi connectivity index (χ0v) is 15.7. The first-order valence-corrected chi connectivity index (χ1v) is 10.2. The van der Waals surface area contributed by atoms with E-state index in [2.05, 4.69) is 0 Å². The second-order valence-electron chi connectivity index (χ2n) is 6.53. The summed E-state index contributed by atoms with van der Waals surface area (Å²) in [5.74, 6) is 0.432. The number of nitrogens with zero attached hydrogens (tertiary/aromatic N) is 2.